The maximum absolute atomic E-state index is 12.2. The number of nitrogens with zero attached hydrogens (tertiary/aromatic N) is 2. The highest BCUT2D eigenvalue weighted by molar-refractivity contribution is 7.99. The molecule has 31 heavy (non-hydrogen) atoms. The molecule has 0 saturated carbocycles. The van der Waals surface area contributed by atoms with Crippen LogP contribution >= 0.6 is 11.8 Å². The molecule has 8 nitrogen and oxygen atoms in total. The second-order valence-electron chi connectivity index (χ2n) is 6.70. The maximum Gasteiger partial charge on any atom is 0.248 e. The average molecular weight is 436 g/mol. The highest BCUT2D eigenvalue weighted by Gasteiger charge is 2.12. The molecule has 2 amide bonds. The van der Waals surface area contributed by atoms with Gasteiger partial charge in [0.15, 0.2) is 5.16 Å². The van der Waals surface area contributed by atoms with Gasteiger partial charge in [-0.1, -0.05) is 30.0 Å². The van der Waals surface area contributed by atoms with E-state index in [-0.39, 0.29) is 24.0 Å². The molecule has 0 saturated heterocycles. The number of aromatic nitrogens is 3. The standard InChI is InChI=1S/C22H21N5O3S/c1-30-17-8-6-16(7-9-17)27-11-10-23-22(27)31-14-21(29)26-25-20(28)12-15-13-24-19-5-3-2-4-18(15)19/h2-11,13,24H,12,14H2,1H3,(H,25,28)(H,26,29). The van der Waals surface area contributed by atoms with Crippen molar-refractivity contribution in [3.63, 3.8) is 0 Å². The molecule has 9 heteroatoms. The van der Waals surface area contributed by atoms with Crippen LogP contribution in [0.4, 0.5) is 0 Å². The first-order valence-corrected chi connectivity index (χ1v) is 10.6. The SMILES string of the molecule is COc1ccc(-n2ccnc2SCC(=O)NNC(=O)Cc2c[nH]c3ccccc23)cc1. The average Bonchev–Trinajstić information content (AvgIpc) is 3.44. The van der Waals surface area contributed by atoms with Crippen LogP contribution in [0.2, 0.25) is 0 Å². The topological polar surface area (TPSA) is 101 Å². The quantitative estimate of drug-likeness (QED) is 0.306. The highest BCUT2D eigenvalue weighted by atomic mass is 32.2. The van der Waals surface area contributed by atoms with E-state index in [1.807, 2.05) is 59.3 Å². The first-order valence-electron chi connectivity index (χ1n) is 9.57. The van der Waals surface area contributed by atoms with E-state index in [9.17, 15) is 9.59 Å². The van der Waals surface area contributed by atoms with E-state index in [1.165, 1.54) is 11.8 Å². The van der Waals surface area contributed by atoms with Gasteiger partial charge in [-0.2, -0.15) is 0 Å². The number of nitrogens with one attached hydrogen (secondary N) is 3. The number of methoxy groups -OCH3 is 1. The van der Waals surface area contributed by atoms with Crippen LogP contribution in [0.25, 0.3) is 16.6 Å². The Morgan fingerprint density at radius 1 is 1.10 bits per heavy atom. The van der Waals surface area contributed by atoms with E-state index in [0.717, 1.165) is 27.9 Å². The molecule has 2 aromatic heterocycles. The van der Waals surface area contributed by atoms with Crippen molar-refractivity contribution in [1.29, 1.82) is 0 Å². The Bertz CT molecular complexity index is 1200. The van der Waals surface area contributed by atoms with Crippen molar-refractivity contribution in [2.75, 3.05) is 12.9 Å². The Labute approximate surface area is 183 Å². The number of para-hydroxylation sites is 1. The molecule has 3 N–H and O–H groups in total. The molecule has 0 aliphatic carbocycles. The summed E-state index contributed by atoms with van der Waals surface area (Å²) in [5.41, 5.74) is 7.68. The molecule has 0 bridgehead atoms. The summed E-state index contributed by atoms with van der Waals surface area (Å²) in [5, 5.41) is 1.66. The number of benzene rings is 2. The molecule has 158 valence electrons. The van der Waals surface area contributed by atoms with Crippen LogP contribution in [-0.4, -0.2) is 39.2 Å². The Morgan fingerprint density at radius 2 is 1.87 bits per heavy atom. The molecule has 0 atom stereocenters. The largest absolute Gasteiger partial charge is 0.497 e. The van der Waals surface area contributed by atoms with Crippen molar-refractivity contribution < 1.29 is 14.3 Å². The summed E-state index contributed by atoms with van der Waals surface area (Å²) in [7, 11) is 1.62. The van der Waals surface area contributed by atoms with E-state index in [0.29, 0.717) is 5.16 Å². The zero-order chi connectivity index (χ0) is 21.6. The predicted octanol–water partition coefficient (Wildman–Crippen LogP) is 2.84. The lowest BCUT2D eigenvalue weighted by Crippen LogP contribution is -2.43. The normalized spacial score (nSPS) is 10.7. The van der Waals surface area contributed by atoms with E-state index in [2.05, 4.69) is 20.8 Å². The molecular weight excluding hydrogens is 414 g/mol. The van der Waals surface area contributed by atoms with Crippen LogP contribution in [0.5, 0.6) is 5.75 Å². The first kappa shape index (κ1) is 20.5. The van der Waals surface area contributed by atoms with Gasteiger partial charge in [-0.25, -0.2) is 4.98 Å². The van der Waals surface area contributed by atoms with E-state index >= 15 is 0 Å². The molecule has 0 spiro atoms. The number of carbonyl (C=O) groups is 2. The van der Waals surface area contributed by atoms with Crippen LogP contribution in [0.15, 0.2) is 72.3 Å². The second kappa shape index (κ2) is 9.40. The minimum Gasteiger partial charge on any atom is -0.497 e. The van der Waals surface area contributed by atoms with E-state index < -0.39 is 0 Å². The van der Waals surface area contributed by atoms with Crippen LogP contribution in [0, 0.1) is 0 Å². The number of hydrazine groups is 1. The summed E-state index contributed by atoms with van der Waals surface area (Å²) in [6, 6.07) is 15.3. The number of aromatic amines is 1. The maximum atomic E-state index is 12.2. The summed E-state index contributed by atoms with van der Waals surface area (Å²) in [6.45, 7) is 0. The van der Waals surface area contributed by atoms with Gasteiger partial charge in [-0.05, 0) is 35.9 Å². The summed E-state index contributed by atoms with van der Waals surface area (Å²) < 4.78 is 7.06. The van der Waals surface area contributed by atoms with Gasteiger partial charge in [0.2, 0.25) is 11.8 Å². The fourth-order valence-electron chi connectivity index (χ4n) is 3.14. The molecule has 4 rings (SSSR count). The van der Waals surface area contributed by atoms with E-state index in [1.54, 1.807) is 19.5 Å². The van der Waals surface area contributed by atoms with Gasteiger partial charge in [0.05, 0.1) is 19.3 Å². The van der Waals surface area contributed by atoms with Crippen molar-refractivity contribution in [2.24, 2.45) is 0 Å². The van der Waals surface area contributed by atoms with Crippen molar-refractivity contribution in [3.05, 3.63) is 72.7 Å². The van der Waals surface area contributed by atoms with Crippen LogP contribution < -0.4 is 15.6 Å². The van der Waals surface area contributed by atoms with Gasteiger partial charge >= 0.3 is 0 Å². The zero-order valence-electron chi connectivity index (χ0n) is 16.8. The molecule has 0 aliphatic heterocycles. The zero-order valence-corrected chi connectivity index (χ0v) is 17.6. The van der Waals surface area contributed by atoms with Gasteiger partial charge in [-0.15, -0.1) is 0 Å². The summed E-state index contributed by atoms with van der Waals surface area (Å²) in [4.78, 5) is 31.8. The summed E-state index contributed by atoms with van der Waals surface area (Å²) in [6.07, 6.45) is 5.47. The molecule has 2 aromatic carbocycles. The third-order valence-electron chi connectivity index (χ3n) is 4.66. The lowest BCUT2D eigenvalue weighted by atomic mass is 10.1. The number of amides is 2. The number of H-pyrrole nitrogens is 1. The molecule has 4 aromatic rings. The number of carbonyl (C=O) groups excluding carboxylic acids is 2. The lowest BCUT2D eigenvalue weighted by Gasteiger charge is -2.09. The van der Waals surface area contributed by atoms with Crippen LogP contribution in [-0.2, 0) is 16.0 Å². The number of ether oxygens (including phenoxy) is 1. The Hall–Kier alpha value is -3.72. The Kier molecular flexibility index (Phi) is 6.23. The molecule has 2 heterocycles. The van der Waals surface area contributed by atoms with Gasteiger partial charge in [-0.3, -0.25) is 25.0 Å². The number of hydrogen-bond donors (Lipinski definition) is 3. The van der Waals surface area contributed by atoms with Crippen molar-refractivity contribution in [3.8, 4) is 11.4 Å². The predicted molar refractivity (Wildman–Crippen MR) is 119 cm³/mol. The van der Waals surface area contributed by atoms with Crippen LogP contribution in [0.3, 0.4) is 0 Å². The van der Waals surface area contributed by atoms with E-state index in [4.69, 9.17) is 4.74 Å². The molecule has 0 fully saturated rings. The van der Waals surface area contributed by atoms with Gasteiger partial charge in [0, 0.05) is 35.2 Å². The smallest absolute Gasteiger partial charge is 0.248 e. The van der Waals surface area contributed by atoms with Crippen LogP contribution in [0.1, 0.15) is 5.56 Å². The monoisotopic (exact) mass is 435 g/mol. The first-order chi connectivity index (χ1) is 15.1. The minimum absolute atomic E-state index is 0.112. The third-order valence-corrected chi connectivity index (χ3v) is 5.62. The number of thioether (sulfide) groups is 1. The highest BCUT2D eigenvalue weighted by Crippen LogP contribution is 2.22. The van der Waals surface area contributed by atoms with Gasteiger partial charge in [0.25, 0.3) is 0 Å². The number of hydrogen-bond acceptors (Lipinski definition) is 5. The Morgan fingerprint density at radius 3 is 2.68 bits per heavy atom. The van der Waals surface area contributed by atoms with Crippen molar-refractivity contribution >= 4 is 34.5 Å². The molecule has 0 radical (unpaired) electrons. The summed E-state index contributed by atoms with van der Waals surface area (Å²) >= 11 is 1.28. The van der Waals surface area contributed by atoms with Gasteiger partial charge < -0.3 is 9.72 Å². The Balaban J connectivity index is 1.28. The van der Waals surface area contributed by atoms with Crippen molar-refractivity contribution in [2.45, 2.75) is 11.6 Å². The lowest BCUT2D eigenvalue weighted by molar-refractivity contribution is -0.127. The fraction of sp³-hybridized carbons (Fsp3) is 0.136. The van der Waals surface area contributed by atoms with Crippen molar-refractivity contribution in [1.82, 2.24) is 25.4 Å². The molecular formula is C22H21N5O3S. The fourth-order valence-corrected chi connectivity index (χ4v) is 3.91. The number of fused-ring (bicyclic) bond motifs is 1. The third kappa shape index (κ3) is 4.89. The van der Waals surface area contributed by atoms with Gasteiger partial charge in [0.1, 0.15) is 5.75 Å². The summed E-state index contributed by atoms with van der Waals surface area (Å²) in [5.74, 6) is 0.269. The molecule has 0 aliphatic rings. The molecule has 0 unspecified atom stereocenters. The number of imidazole rings is 1. The minimum atomic E-state index is -0.318. The second-order valence-corrected chi connectivity index (χ2v) is 7.64. The number of rotatable bonds is 7.